The Kier molecular flexibility index (Phi) is 4.22. The van der Waals surface area contributed by atoms with Gasteiger partial charge in [-0.1, -0.05) is 20.3 Å². The van der Waals surface area contributed by atoms with E-state index in [0.29, 0.717) is 5.41 Å². The number of rotatable bonds is 5. The molecule has 0 amide bonds. The molecule has 2 fully saturated rings. The van der Waals surface area contributed by atoms with Crippen molar-refractivity contribution in [3.05, 3.63) is 0 Å². The van der Waals surface area contributed by atoms with Gasteiger partial charge in [-0.25, -0.2) is 0 Å². The smallest absolute Gasteiger partial charge is 0.0547 e. The fourth-order valence-corrected chi connectivity index (χ4v) is 3.01. The van der Waals surface area contributed by atoms with Gasteiger partial charge in [-0.2, -0.15) is 0 Å². The SMILES string of the molecule is CCCC1(C(C)CN2CCNCC2)COC1. The van der Waals surface area contributed by atoms with E-state index in [-0.39, 0.29) is 0 Å². The van der Waals surface area contributed by atoms with E-state index in [9.17, 15) is 0 Å². The van der Waals surface area contributed by atoms with Gasteiger partial charge in [-0.05, 0) is 12.3 Å². The molecule has 2 rings (SSSR count). The lowest BCUT2D eigenvalue weighted by Gasteiger charge is -2.48. The second-order valence-electron chi connectivity index (χ2n) is 5.56. The Balaban J connectivity index is 1.82. The summed E-state index contributed by atoms with van der Waals surface area (Å²) >= 11 is 0. The Hall–Kier alpha value is -0.120. The molecule has 3 heteroatoms. The highest BCUT2D eigenvalue weighted by Gasteiger charge is 2.42. The molecular weight excluding hydrogens is 200 g/mol. The molecule has 0 aliphatic carbocycles. The number of ether oxygens (including phenoxy) is 1. The zero-order chi connectivity index (χ0) is 11.4. The molecule has 0 spiro atoms. The van der Waals surface area contributed by atoms with Gasteiger partial charge in [0, 0.05) is 38.1 Å². The third-order valence-corrected chi connectivity index (χ3v) is 4.31. The first kappa shape index (κ1) is 12.3. The fourth-order valence-electron chi connectivity index (χ4n) is 3.01. The van der Waals surface area contributed by atoms with Crippen LogP contribution in [0.4, 0.5) is 0 Å². The van der Waals surface area contributed by atoms with Crippen LogP contribution in [0.15, 0.2) is 0 Å². The monoisotopic (exact) mass is 226 g/mol. The standard InChI is InChI=1S/C13H26N2O/c1-3-4-13(10-16-11-13)12(2)9-15-7-5-14-6-8-15/h12,14H,3-11H2,1-2H3. The van der Waals surface area contributed by atoms with Gasteiger partial charge >= 0.3 is 0 Å². The molecule has 1 atom stereocenters. The number of hydrogen-bond donors (Lipinski definition) is 1. The minimum Gasteiger partial charge on any atom is -0.380 e. The predicted octanol–water partition coefficient (Wildman–Crippen LogP) is 1.34. The van der Waals surface area contributed by atoms with Crippen molar-refractivity contribution in [2.45, 2.75) is 26.7 Å². The van der Waals surface area contributed by atoms with E-state index in [1.165, 1.54) is 32.5 Å². The van der Waals surface area contributed by atoms with Gasteiger partial charge in [0.15, 0.2) is 0 Å². The summed E-state index contributed by atoms with van der Waals surface area (Å²) in [5.41, 5.74) is 0.500. The van der Waals surface area contributed by atoms with Gasteiger partial charge in [0.05, 0.1) is 13.2 Å². The van der Waals surface area contributed by atoms with Crippen LogP contribution in [0.2, 0.25) is 0 Å². The molecule has 2 aliphatic rings. The first-order chi connectivity index (χ1) is 7.77. The fraction of sp³-hybridized carbons (Fsp3) is 1.00. The van der Waals surface area contributed by atoms with Crippen LogP contribution in [0.5, 0.6) is 0 Å². The Morgan fingerprint density at radius 2 is 2.00 bits per heavy atom. The highest BCUT2D eigenvalue weighted by molar-refractivity contribution is 4.91. The molecule has 0 bridgehead atoms. The average Bonchev–Trinajstić information content (AvgIpc) is 2.24. The number of nitrogens with one attached hydrogen (secondary N) is 1. The average molecular weight is 226 g/mol. The summed E-state index contributed by atoms with van der Waals surface area (Å²) in [4.78, 5) is 2.61. The van der Waals surface area contributed by atoms with Gasteiger partial charge < -0.3 is 15.0 Å². The molecule has 0 aromatic rings. The Labute approximate surface area is 99.5 Å². The lowest BCUT2D eigenvalue weighted by Crippen LogP contribution is -2.53. The van der Waals surface area contributed by atoms with E-state index in [1.54, 1.807) is 0 Å². The Morgan fingerprint density at radius 3 is 2.50 bits per heavy atom. The molecule has 2 aliphatic heterocycles. The van der Waals surface area contributed by atoms with Crippen LogP contribution in [0, 0.1) is 11.3 Å². The maximum atomic E-state index is 5.47. The van der Waals surface area contributed by atoms with Crippen LogP contribution in [0.3, 0.4) is 0 Å². The first-order valence-electron chi connectivity index (χ1n) is 6.78. The van der Waals surface area contributed by atoms with Crippen molar-refractivity contribution in [2.75, 3.05) is 45.9 Å². The number of hydrogen-bond acceptors (Lipinski definition) is 3. The van der Waals surface area contributed by atoms with Gasteiger partial charge in [0.1, 0.15) is 0 Å². The quantitative estimate of drug-likeness (QED) is 0.766. The molecule has 2 saturated heterocycles. The third kappa shape index (κ3) is 2.58. The van der Waals surface area contributed by atoms with Crippen molar-refractivity contribution in [3.63, 3.8) is 0 Å². The summed E-state index contributed by atoms with van der Waals surface area (Å²) < 4.78 is 5.47. The largest absolute Gasteiger partial charge is 0.380 e. The lowest BCUT2D eigenvalue weighted by molar-refractivity contribution is -0.151. The van der Waals surface area contributed by atoms with Gasteiger partial charge in [-0.15, -0.1) is 0 Å². The van der Waals surface area contributed by atoms with Crippen molar-refractivity contribution in [3.8, 4) is 0 Å². The number of piperazine rings is 1. The molecule has 0 saturated carbocycles. The maximum Gasteiger partial charge on any atom is 0.0547 e. The highest BCUT2D eigenvalue weighted by atomic mass is 16.5. The Morgan fingerprint density at radius 1 is 1.31 bits per heavy atom. The third-order valence-electron chi connectivity index (χ3n) is 4.31. The second kappa shape index (κ2) is 5.48. The van der Waals surface area contributed by atoms with Crippen molar-refractivity contribution >= 4 is 0 Å². The molecule has 0 aromatic carbocycles. The summed E-state index contributed by atoms with van der Waals surface area (Å²) in [5, 5.41) is 3.41. The normalized spacial score (nSPS) is 27.4. The molecule has 1 unspecified atom stereocenters. The van der Waals surface area contributed by atoms with Gasteiger partial charge in [-0.3, -0.25) is 0 Å². The molecule has 1 N–H and O–H groups in total. The van der Waals surface area contributed by atoms with Crippen LogP contribution in [-0.4, -0.2) is 50.8 Å². The van der Waals surface area contributed by atoms with E-state index >= 15 is 0 Å². The van der Waals surface area contributed by atoms with Crippen molar-refractivity contribution in [2.24, 2.45) is 11.3 Å². The van der Waals surface area contributed by atoms with Crippen molar-refractivity contribution in [1.29, 1.82) is 0 Å². The van der Waals surface area contributed by atoms with Crippen LogP contribution < -0.4 is 5.32 Å². The van der Waals surface area contributed by atoms with Crippen LogP contribution in [-0.2, 0) is 4.74 Å². The maximum absolute atomic E-state index is 5.47. The van der Waals surface area contributed by atoms with E-state index in [4.69, 9.17) is 4.74 Å². The van der Waals surface area contributed by atoms with Crippen LogP contribution in [0.25, 0.3) is 0 Å². The summed E-state index contributed by atoms with van der Waals surface area (Å²) in [6, 6.07) is 0. The zero-order valence-electron chi connectivity index (χ0n) is 10.8. The minimum atomic E-state index is 0.500. The molecule has 16 heavy (non-hydrogen) atoms. The molecule has 94 valence electrons. The summed E-state index contributed by atoms with van der Waals surface area (Å²) in [6.45, 7) is 12.7. The van der Waals surface area contributed by atoms with Crippen LogP contribution >= 0.6 is 0 Å². The predicted molar refractivity (Wildman–Crippen MR) is 66.6 cm³/mol. The molecule has 2 heterocycles. The Bertz CT molecular complexity index is 210. The lowest BCUT2D eigenvalue weighted by atomic mass is 9.71. The van der Waals surface area contributed by atoms with E-state index in [1.807, 2.05) is 0 Å². The summed E-state index contributed by atoms with van der Waals surface area (Å²) in [6.07, 6.45) is 2.62. The number of nitrogens with zero attached hydrogens (tertiary/aromatic N) is 1. The first-order valence-corrected chi connectivity index (χ1v) is 6.78. The molecule has 0 radical (unpaired) electrons. The minimum absolute atomic E-state index is 0.500. The molecular formula is C13H26N2O. The second-order valence-corrected chi connectivity index (χ2v) is 5.56. The van der Waals surface area contributed by atoms with E-state index in [0.717, 1.165) is 32.2 Å². The molecule has 3 nitrogen and oxygen atoms in total. The highest BCUT2D eigenvalue weighted by Crippen LogP contribution is 2.40. The van der Waals surface area contributed by atoms with Gasteiger partial charge in [0.25, 0.3) is 0 Å². The van der Waals surface area contributed by atoms with E-state index < -0.39 is 0 Å². The molecule has 0 aromatic heterocycles. The van der Waals surface area contributed by atoms with Crippen LogP contribution in [0.1, 0.15) is 26.7 Å². The van der Waals surface area contributed by atoms with Crippen molar-refractivity contribution in [1.82, 2.24) is 10.2 Å². The summed E-state index contributed by atoms with van der Waals surface area (Å²) in [5.74, 6) is 0.777. The van der Waals surface area contributed by atoms with Crippen molar-refractivity contribution < 1.29 is 4.74 Å². The zero-order valence-corrected chi connectivity index (χ0v) is 10.8. The summed E-state index contributed by atoms with van der Waals surface area (Å²) in [7, 11) is 0. The van der Waals surface area contributed by atoms with E-state index in [2.05, 4.69) is 24.1 Å². The topological polar surface area (TPSA) is 24.5 Å². The van der Waals surface area contributed by atoms with Gasteiger partial charge in [0.2, 0.25) is 0 Å².